The van der Waals surface area contributed by atoms with Crippen LogP contribution < -0.4 is 11.3 Å². The standard InChI is InChI=1S/C16H23N5O17P2/c17-16-19-12-6(13(28)20-16)18-3-21(12)14-10(26)8(24)5(36-14)2-35-15(29)11(27)9(25)7(23)4(1-22)37-40(33,34)38-39(30,31)32/h1,3-5,7-11,14,23-27H,2H2,(H,33,34)(H2,30,31,32)(H3,17,19,20,28)/t4-,5-,7-,8-,9+,10-,11+,14-/m1/s1. The summed E-state index contributed by atoms with van der Waals surface area (Å²) in [5.41, 5.74) is 4.52. The van der Waals surface area contributed by atoms with Gasteiger partial charge in [-0.3, -0.25) is 18.9 Å². The second-order valence-electron chi connectivity index (χ2n) is 8.12. The van der Waals surface area contributed by atoms with Crippen molar-refractivity contribution in [3.05, 3.63) is 16.7 Å². The number of aldehydes is 1. The molecule has 0 saturated carbocycles. The molecule has 2 aromatic rings. The minimum atomic E-state index is -5.69. The lowest BCUT2D eigenvalue weighted by atomic mass is 10.0. The number of aromatic nitrogens is 4. The number of nitrogens with zero attached hydrogens (tertiary/aromatic N) is 3. The molecule has 3 rings (SSSR count). The third kappa shape index (κ3) is 7.14. The lowest BCUT2D eigenvalue weighted by molar-refractivity contribution is -0.173. The summed E-state index contributed by atoms with van der Waals surface area (Å²) in [6.07, 6.45) is -16.1. The summed E-state index contributed by atoms with van der Waals surface area (Å²) in [6, 6.07) is 0. The molecule has 1 aliphatic rings. The van der Waals surface area contributed by atoms with Crippen LogP contribution >= 0.6 is 15.6 Å². The quantitative estimate of drug-likeness (QED) is 0.0602. The highest BCUT2D eigenvalue weighted by Crippen LogP contribution is 2.58. The van der Waals surface area contributed by atoms with Crippen LogP contribution in [0.4, 0.5) is 5.95 Å². The summed E-state index contributed by atoms with van der Waals surface area (Å²) in [5, 5.41) is 50.7. The number of nitrogens with two attached hydrogens (primary N) is 1. The predicted octanol–water partition coefficient (Wildman–Crippen LogP) is -5.26. The first-order valence-electron chi connectivity index (χ1n) is 10.6. The van der Waals surface area contributed by atoms with Crippen molar-refractivity contribution < 1.29 is 77.2 Å². The zero-order valence-electron chi connectivity index (χ0n) is 19.5. The van der Waals surface area contributed by atoms with Gasteiger partial charge in [0.25, 0.3) is 5.56 Å². The molecule has 1 unspecified atom stereocenters. The van der Waals surface area contributed by atoms with Gasteiger partial charge in [-0.05, 0) is 0 Å². The van der Waals surface area contributed by atoms with Crippen LogP contribution in [-0.4, -0.2) is 121 Å². The van der Waals surface area contributed by atoms with E-state index in [1.165, 1.54) is 0 Å². The Morgan fingerprint density at radius 2 is 1.85 bits per heavy atom. The Balaban J connectivity index is 1.63. The number of H-pyrrole nitrogens is 1. The van der Waals surface area contributed by atoms with Gasteiger partial charge in [0, 0.05) is 0 Å². The number of phosphoric acid groups is 2. The normalized spacial score (nSPS) is 26.1. The number of hydrogen-bond acceptors (Lipinski definition) is 17. The fourth-order valence-corrected chi connectivity index (χ4v) is 5.18. The number of esters is 1. The molecule has 0 aliphatic carbocycles. The van der Waals surface area contributed by atoms with Crippen LogP contribution in [0, 0.1) is 0 Å². The third-order valence-electron chi connectivity index (χ3n) is 5.30. The Morgan fingerprint density at radius 1 is 1.20 bits per heavy atom. The van der Waals surface area contributed by atoms with Gasteiger partial charge in [0.15, 0.2) is 35.9 Å². The van der Waals surface area contributed by atoms with Crippen molar-refractivity contribution in [1.82, 2.24) is 19.5 Å². The first-order chi connectivity index (χ1) is 18.5. The number of fused-ring (bicyclic) bond motifs is 1. The number of phosphoric ester groups is 1. The number of carbonyl (C=O) groups is 2. The van der Waals surface area contributed by atoms with Gasteiger partial charge < -0.3 is 60.2 Å². The van der Waals surface area contributed by atoms with Crippen molar-refractivity contribution in [1.29, 1.82) is 0 Å². The maximum Gasteiger partial charge on any atom is 0.481 e. The smallest absolute Gasteiger partial charge is 0.461 e. The number of aliphatic hydroxyl groups excluding tert-OH is 5. The first-order valence-corrected chi connectivity index (χ1v) is 13.7. The minimum absolute atomic E-state index is 0.117. The molecule has 40 heavy (non-hydrogen) atoms. The third-order valence-corrected chi connectivity index (χ3v) is 7.49. The van der Waals surface area contributed by atoms with Crippen LogP contribution in [0.25, 0.3) is 11.2 Å². The molecule has 24 heteroatoms. The SMILES string of the molecule is Nc1nc2c(ncn2[C@@H]2O[C@H](COC(=O)[C@@H](O)[C@@H](O)[C@H](O)[C@@H](C=O)OP(=O)(O)OP(=O)(O)O)[C@@H](O)[C@H]2O)c(=O)[nH]1. The van der Waals surface area contributed by atoms with E-state index < -0.39 is 89.0 Å². The summed E-state index contributed by atoms with van der Waals surface area (Å²) in [5.74, 6) is -1.97. The Bertz CT molecular complexity index is 1390. The van der Waals surface area contributed by atoms with Crippen LogP contribution in [0.3, 0.4) is 0 Å². The lowest BCUT2D eigenvalue weighted by Crippen LogP contribution is -2.49. The number of ether oxygens (including phenoxy) is 2. The van der Waals surface area contributed by atoms with Gasteiger partial charge in [-0.2, -0.15) is 9.29 Å². The number of nitrogens with one attached hydrogen (secondary N) is 1. The summed E-state index contributed by atoms with van der Waals surface area (Å²) in [4.78, 5) is 71.6. The lowest BCUT2D eigenvalue weighted by Gasteiger charge is -2.26. The van der Waals surface area contributed by atoms with E-state index in [0.29, 0.717) is 0 Å². The molecule has 3 heterocycles. The number of aliphatic hydroxyl groups is 5. The molecule has 0 aromatic carbocycles. The maximum absolute atomic E-state index is 12.2. The number of imidazole rings is 1. The van der Waals surface area contributed by atoms with Gasteiger partial charge in [-0.1, -0.05) is 0 Å². The Hall–Kier alpha value is -2.69. The Morgan fingerprint density at radius 3 is 2.45 bits per heavy atom. The van der Waals surface area contributed by atoms with Gasteiger partial charge in [-0.25, -0.2) is 18.9 Å². The largest absolute Gasteiger partial charge is 0.481 e. The van der Waals surface area contributed by atoms with E-state index in [-0.39, 0.29) is 17.1 Å². The zero-order chi connectivity index (χ0) is 30.2. The van der Waals surface area contributed by atoms with Gasteiger partial charge in [0.2, 0.25) is 5.95 Å². The van der Waals surface area contributed by atoms with E-state index in [1.54, 1.807) is 0 Å². The topological polar surface area (TPSA) is 357 Å². The molecule has 9 atom stereocenters. The second kappa shape index (κ2) is 12.0. The van der Waals surface area contributed by atoms with Crippen LogP contribution in [0.15, 0.2) is 11.1 Å². The number of rotatable bonds is 12. The molecule has 11 N–H and O–H groups in total. The van der Waals surface area contributed by atoms with Crippen molar-refractivity contribution in [3.63, 3.8) is 0 Å². The van der Waals surface area contributed by atoms with Crippen molar-refractivity contribution in [2.75, 3.05) is 12.3 Å². The molecule has 1 fully saturated rings. The Kier molecular flexibility index (Phi) is 9.58. The van der Waals surface area contributed by atoms with E-state index in [9.17, 15) is 53.9 Å². The van der Waals surface area contributed by atoms with Crippen molar-refractivity contribution in [2.45, 2.75) is 49.0 Å². The van der Waals surface area contributed by atoms with Crippen LogP contribution in [-0.2, 0) is 37.0 Å². The monoisotopic (exact) mass is 619 g/mol. The molecule has 0 amide bonds. The summed E-state index contributed by atoms with van der Waals surface area (Å²) >= 11 is 0. The van der Waals surface area contributed by atoms with E-state index in [4.69, 9.17) is 25.0 Å². The molecule has 1 saturated heterocycles. The van der Waals surface area contributed by atoms with Gasteiger partial charge in [0.05, 0.1) is 6.33 Å². The van der Waals surface area contributed by atoms with Crippen LogP contribution in [0.5, 0.6) is 0 Å². The summed E-state index contributed by atoms with van der Waals surface area (Å²) < 4.78 is 41.0. The highest BCUT2D eigenvalue weighted by molar-refractivity contribution is 7.60. The van der Waals surface area contributed by atoms with Crippen molar-refractivity contribution in [2.24, 2.45) is 0 Å². The average molecular weight is 619 g/mol. The highest BCUT2D eigenvalue weighted by atomic mass is 31.3. The van der Waals surface area contributed by atoms with Crippen molar-refractivity contribution in [3.8, 4) is 0 Å². The maximum atomic E-state index is 12.2. The predicted molar refractivity (Wildman–Crippen MR) is 121 cm³/mol. The van der Waals surface area contributed by atoms with E-state index >= 15 is 0 Å². The van der Waals surface area contributed by atoms with Gasteiger partial charge >= 0.3 is 21.6 Å². The number of nitrogen functional groups attached to an aromatic ring is 1. The molecule has 0 radical (unpaired) electrons. The van der Waals surface area contributed by atoms with Crippen LogP contribution in [0.2, 0.25) is 0 Å². The first kappa shape index (κ1) is 31.8. The van der Waals surface area contributed by atoms with Crippen molar-refractivity contribution >= 4 is 45.0 Å². The van der Waals surface area contributed by atoms with E-state index in [2.05, 4.69) is 23.8 Å². The van der Waals surface area contributed by atoms with Crippen LogP contribution in [0.1, 0.15) is 6.23 Å². The van der Waals surface area contributed by atoms with E-state index in [0.717, 1.165) is 10.9 Å². The molecule has 22 nitrogen and oxygen atoms in total. The number of hydrogen-bond donors (Lipinski definition) is 10. The van der Waals surface area contributed by atoms with Gasteiger partial charge in [-0.15, -0.1) is 0 Å². The molecule has 1 aliphatic heterocycles. The minimum Gasteiger partial charge on any atom is -0.461 e. The molecule has 224 valence electrons. The fraction of sp³-hybridized carbons (Fsp3) is 0.562. The average Bonchev–Trinajstić information content (AvgIpc) is 3.38. The Labute approximate surface area is 220 Å². The molecule has 2 aromatic heterocycles. The second-order valence-corrected chi connectivity index (χ2v) is 10.9. The molecular formula is C16H23N5O17P2. The van der Waals surface area contributed by atoms with Gasteiger partial charge in [0.1, 0.15) is 37.1 Å². The molecular weight excluding hydrogens is 596 g/mol. The molecule has 0 bridgehead atoms. The number of aromatic amines is 1. The number of anilines is 1. The highest BCUT2D eigenvalue weighted by Gasteiger charge is 2.46. The van der Waals surface area contributed by atoms with E-state index in [1.807, 2.05) is 0 Å². The zero-order valence-corrected chi connectivity index (χ0v) is 21.3. The summed E-state index contributed by atoms with van der Waals surface area (Å²) in [7, 11) is -11.3. The molecule has 0 spiro atoms. The summed E-state index contributed by atoms with van der Waals surface area (Å²) in [6.45, 7) is -0.869. The number of carbonyl (C=O) groups excluding carboxylic acids is 2. The fourth-order valence-electron chi connectivity index (χ4n) is 3.47.